The number of benzene rings is 1. The van der Waals surface area contributed by atoms with Gasteiger partial charge in [-0.25, -0.2) is 8.42 Å². The zero-order valence-electron chi connectivity index (χ0n) is 20.0. The zero-order valence-corrected chi connectivity index (χ0v) is 21.6. The highest BCUT2D eigenvalue weighted by molar-refractivity contribution is 7.89. The van der Waals surface area contributed by atoms with E-state index in [0.717, 1.165) is 0 Å². The number of halogens is 1. The molecule has 1 aliphatic heterocycles. The van der Waals surface area contributed by atoms with Crippen LogP contribution < -0.4 is 15.4 Å². The van der Waals surface area contributed by atoms with E-state index in [9.17, 15) is 22.8 Å². The van der Waals surface area contributed by atoms with E-state index in [1.807, 2.05) is 13.8 Å². The van der Waals surface area contributed by atoms with Crippen LogP contribution in [0.5, 0.6) is 0 Å². The van der Waals surface area contributed by atoms with Gasteiger partial charge in [-0.15, -0.1) is 12.4 Å². The summed E-state index contributed by atoms with van der Waals surface area (Å²) in [4.78, 5) is 38.4. The Morgan fingerprint density at radius 1 is 1.19 bits per heavy atom. The number of carbonyl (C=O) groups excluding carboxylic acids is 3. The molecular formula is C23H31ClN6O5S. The molecule has 196 valence electrons. The van der Waals surface area contributed by atoms with Gasteiger partial charge in [0.15, 0.2) is 0 Å². The predicted octanol–water partition coefficient (Wildman–Crippen LogP) is 1.76. The van der Waals surface area contributed by atoms with E-state index in [2.05, 4.69) is 15.4 Å². The standard InChI is InChI=1S/C23H30N6O5S.ClH/c1-16(2)13-19(27-35(33,34)18-7-4-3-5-8-18)22(32)29-11-6-9-20(29)21(31)26-23(24)28-12-10-17(14-28)25-15-30;/h3-5,7-8,10,12,14-16,19-20,27H,6,9,11,13H2,1-2H3,(H,25,30)(H2,24,26,31);1H/t19-,20+;/m1./s1. The Kier molecular flexibility index (Phi) is 10.2. The smallest absolute Gasteiger partial charge is 0.249 e. The Morgan fingerprint density at radius 3 is 2.53 bits per heavy atom. The minimum absolute atomic E-state index is 0. The van der Waals surface area contributed by atoms with Gasteiger partial charge in [0.25, 0.3) is 0 Å². The van der Waals surface area contributed by atoms with Gasteiger partial charge in [-0.3, -0.25) is 29.7 Å². The molecule has 0 bridgehead atoms. The third kappa shape index (κ3) is 7.15. The number of anilines is 1. The van der Waals surface area contributed by atoms with Crippen molar-refractivity contribution in [3.63, 3.8) is 0 Å². The maximum Gasteiger partial charge on any atom is 0.249 e. The minimum Gasteiger partial charge on any atom is -0.329 e. The topological polar surface area (TPSA) is 153 Å². The van der Waals surface area contributed by atoms with Gasteiger partial charge in [0.05, 0.1) is 10.6 Å². The Balaban J connectivity index is 0.00000456. The first kappa shape index (κ1) is 29.0. The summed E-state index contributed by atoms with van der Waals surface area (Å²) in [5.74, 6) is -1.22. The highest BCUT2D eigenvalue weighted by Gasteiger charge is 2.39. The first-order valence-corrected chi connectivity index (χ1v) is 12.8. The number of carbonyl (C=O) groups is 3. The van der Waals surface area contributed by atoms with Crippen molar-refractivity contribution in [3.8, 4) is 0 Å². The van der Waals surface area contributed by atoms with Crippen molar-refractivity contribution in [1.82, 2.24) is 19.5 Å². The number of aromatic nitrogens is 1. The molecule has 2 aromatic rings. The molecule has 0 radical (unpaired) electrons. The van der Waals surface area contributed by atoms with E-state index in [4.69, 9.17) is 5.41 Å². The largest absolute Gasteiger partial charge is 0.329 e. The van der Waals surface area contributed by atoms with Gasteiger partial charge in [0.1, 0.15) is 12.1 Å². The summed E-state index contributed by atoms with van der Waals surface area (Å²) in [6.45, 7) is 4.08. The molecular weight excluding hydrogens is 508 g/mol. The maximum atomic E-state index is 13.5. The lowest BCUT2D eigenvalue weighted by Gasteiger charge is -2.29. The quantitative estimate of drug-likeness (QED) is 0.218. The summed E-state index contributed by atoms with van der Waals surface area (Å²) in [6, 6.07) is 7.52. The number of amides is 3. The first-order valence-electron chi connectivity index (χ1n) is 11.3. The minimum atomic E-state index is -3.94. The van der Waals surface area contributed by atoms with Crippen LogP contribution >= 0.6 is 12.4 Å². The molecule has 2 heterocycles. The van der Waals surface area contributed by atoms with Crippen LogP contribution in [0.25, 0.3) is 0 Å². The summed E-state index contributed by atoms with van der Waals surface area (Å²) in [6.07, 6.45) is 4.71. The second-order valence-corrected chi connectivity index (χ2v) is 10.4. The SMILES string of the molecule is CC(C)C[C@@H](NS(=O)(=O)c1ccccc1)C(=O)N1CCC[C@H]1C(=O)NC(=N)n1ccc(NC=O)c1.Cl. The second-order valence-electron chi connectivity index (χ2n) is 8.71. The Bertz CT molecular complexity index is 1180. The molecule has 0 spiro atoms. The van der Waals surface area contributed by atoms with Gasteiger partial charge in [-0.1, -0.05) is 32.0 Å². The molecule has 1 aromatic carbocycles. The summed E-state index contributed by atoms with van der Waals surface area (Å²) in [7, 11) is -3.94. The molecule has 0 unspecified atom stereocenters. The Labute approximate surface area is 216 Å². The number of hydrogen-bond donors (Lipinski definition) is 4. The third-order valence-corrected chi connectivity index (χ3v) is 7.10. The fourth-order valence-electron chi connectivity index (χ4n) is 3.98. The summed E-state index contributed by atoms with van der Waals surface area (Å²) in [5.41, 5.74) is 0.457. The average Bonchev–Trinajstić information content (AvgIpc) is 3.48. The van der Waals surface area contributed by atoms with Crippen molar-refractivity contribution in [3.05, 3.63) is 48.8 Å². The van der Waals surface area contributed by atoms with Gasteiger partial charge >= 0.3 is 0 Å². The lowest BCUT2D eigenvalue weighted by atomic mass is 10.0. The summed E-state index contributed by atoms with van der Waals surface area (Å²) in [5, 5.41) is 13.1. The Hall–Kier alpha value is -3.22. The van der Waals surface area contributed by atoms with E-state index in [-0.39, 0.29) is 35.6 Å². The molecule has 3 amide bonds. The van der Waals surface area contributed by atoms with Crippen LogP contribution in [0.3, 0.4) is 0 Å². The van der Waals surface area contributed by atoms with Crippen molar-refractivity contribution in [1.29, 1.82) is 5.41 Å². The molecule has 4 N–H and O–H groups in total. The van der Waals surface area contributed by atoms with Gasteiger partial charge in [0.2, 0.25) is 34.2 Å². The van der Waals surface area contributed by atoms with Crippen LogP contribution in [-0.2, 0) is 24.4 Å². The molecule has 11 nitrogen and oxygen atoms in total. The molecule has 1 saturated heterocycles. The van der Waals surface area contributed by atoms with Gasteiger partial charge in [-0.05, 0) is 43.4 Å². The predicted molar refractivity (Wildman–Crippen MR) is 137 cm³/mol. The van der Waals surface area contributed by atoms with Crippen LogP contribution in [0, 0.1) is 11.3 Å². The normalized spacial score (nSPS) is 16.2. The van der Waals surface area contributed by atoms with Crippen molar-refractivity contribution in [2.24, 2.45) is 5.92 Å². The number of nitrogens with zero attached hydrogens (tertiary/aromatic N) is 2. The molecule has 3 rings (SSSR count). The van der Waals surface area contributed by atoms with Crippen molar-refractivity contribution in [2.75, 3.05) is 11.9 Å². The molecule has 36 heavy (non-hydrogen) atoms. The van der Waals surface area contributed by atoms with Crippen LogP contribution in [0.15, 0.2) is 53.7 Å². The van der Waals surface area contributed by atoms with E-state index in [1.54, 1.807) is 24.3 Å². The fraction of sp³-hybridized carbons (Fsp3) is 0.391. The molecule has 0 saturated carbocycles. The van der Waals surface area contributed by atoms with E-state index >= 15 is 0 Å². The van der Waals surface area contributed by atoms with E-state index in [1.165, 1.54) is 34.0 Å². The average molecular weight is 539 g/mol. The van der Waals surface area contributed by atoms with Crippen molar-refractivity contribution < 1.29 is 22.8 Å². The van der Waals surface area contributed by atoms with Crippen molar-refractivity contribution in [2.45, 2.75) is 50.1 Å². The van der Waals surface area contributed by atoms with E-state index in [0.29, 0.717) is 31.5 Å². The maximum absolute atomic E-state index is 13.5. The highest BCUT2D eigenvalue weighted by Crippen LogP contribution is 2.22. The van der Waals surface area contributed by atoms with Crippen molar-refractivity contribution >= 4 is 52.3 Å². The molecule has 13 heteroatoms. The lowest BCUT2D eigenvalue weighted by Crippen LogP contribution is -2.54. The molecule has 1 aliphatic rings. The molecule has 1 fully saturated rings. The van der Waals surface area contributed by atoms with Crippen LogP contribution in [0.1, 0.15) is 33.1 Å². The van der Waals surface area contributed by atoms with Crippen LogP contribution in [-0.4, -0.2) is 60.7 Å². The third-order valence-electron chi connectivity index (χ3n) is 5.61. The monoisotopic (exact) mass is 538 g/mol. The summed E-state index contributed by atoms with van der Waals surface area (Å²) >= 11 is 0. The molecule has 1 aromatic heterocycles. The number of hydrogen-bond acceptors (Lipinski definition) is 6. The molecule has 2 atom stereocenters. The number of sulfonamides is 1. The summed E-state index contributed by atoms with van der Waals surface area (Å²) < 4.78 is 29.6. The second kappa shape index (κ2) is 12.7. The number of rotatable bonds is 9. The number of likely N-dealkylation sites (tertiary alicyclic amines) is 1. The van der Waals surface area contributed by atoms with Gasteiger partial charge in [0, 0.05) is 18.9 Å². The van der Waals surface area contributed by atoms with Crippen LogP contribution in [0.2, 0.25) is 0 Å². The van der Waals surface area contributed by atoms with Gasteiger partial charge < -0.3 is 10.2 Å². The number of nitrogens with one attached hydrogen (secondary N) is 4. The zero-order chi connectivity index (χ0) is 25.6. The van der Waals surface area contributed by atoms with E-state index < -0.39 is 33.9 Å². The first-order chi connectivity index (χ1) is 16.6. The van der Waals surface area contributed by atoms with Crippen LogP contribution in [0.4, 0.5) is 5.69 Å². The highest BCUT2D eigenvalue weighted by atomic mass is 35.5. The Morgan fingerprint density at radius 2 is 1.89 bits per heavy atom. The molecule has 0 aliphatic carbocycles. The lowest BCUT2D eigenvalue weighted by molar-refractivity contribution is -0.139. The fourth-order valence-corrected chi connectivity index (χ4v) is 5.21. The van der Waals surface area contributed by atoms with Gasteiger partial charge in [-0.2, -0.15) is 4.72 Å².